The van der Waals surface area contributed by atoms with Gasteiger partial charge in [0, 0.05) is 6.04 Å². The molecule has 0 radical (unpaired) electrons. The van der Waals surface area contributed by atoms with Gasteiger partial charge in [0.15, 0.2) is 0 Å². The number of carbonyl (C=O) groups is 1. The molecule has 1 N–H and O–H groups in total. The Morgan fingerprint density at radius 3 is 2.35 bits per heavy atom. The Bertz CT molecular complexity index is 521. The molecule has 0 saturated carbocycles. The summed E-state index contributed by atoms with van der Waals surface area (Å²) >= 11 is 0. The van der Waals surface area contributed by atoms with Crippen LogP contribution in [0.15, 0.2) is 24.3 Å². The van der Waals surface area contributed by atoms with E-state index in [1.54, 1.807) is 12.0 Å². The van der Waals surface area contributed by atoms with Crippen LogP contribution in [-0.4, -0.2) is 47.5 Å². The molecule has 2 rings (SSSR count). The number of aliphatic hydroxyl groups is 1. The van der Waals surface area contributed by atoms with E-state index < -0.39 is 5.60 Å². The molecule has 1 aromatic carbocycles. The number of nitrogens with zero attached hydrogens (tertiary/aromatic N) is 1. The number of aliphatic hydroxyl groups excluding tert-OH is 1. The van der Waals surface area contributed by atoms with Crippen molar-refractivity contribution in [2.24, 2.45) is 0 Å². The minimum absolute atomic E-state index is 0.0294. The Hall–Kier alpha value is -1.75. The first-order valence-corrected chi connectivity index (χ1v) is 8.09. The summed E-state index contributed by atoms with van der Waals surface area (Å²) in [7, 11) is 1.64. The molecule has 1 unspecified atom stereocenters. The monoisotopic (exact) mass is 321 g/mol. The van der Waals surface area contributed by atoms with E-state index in [-0.39, 0.29) is 24.8 Å². The van der Waals surface area contributed by atoms with Crippen molar-refractivity contribution in [3.8, 4) is 5.75 Å². The lowest BCUT2D eigenvalue weighted by Crippen LogP contribution is -2.46. The number of amides is 1. The molecular formula is C18H27NO4. The van der Waals surface area contributed by atoms with E-state index in [0.717, 1.165) is 30.6 Å². The number of benzene rings is 1. The summed E-state index contributed by atoms with van der Waals surface area (Å²) < 4.78 is 10.7. The molecule has 1 saturated heterocycles. The minimum Gasteiger partial charge on any atom is -0.497 e. The molecule has 2 atom stereocenters. The second-order valence-corrected chi connectivity index (χ2v) is 7.01. The summed E-state index contributed by atoms with van der Waals surface area (Å²) in [5, 5.41) is 9.57. The maximum absolute atomic E-state index is 12.5. The highest BCUT2D eigenvalue weighted by Crippen LogP contribution is 2.29. The molecule has 5 heteroatoms. The third-order valence-electron chi connectivity index (χ3n) is 4.07. The van der Waals surface area contributed by atoms with Crippen LogP contribution >= 0.6 is 0 Å². The molecule has 1 heterocycles. The SMILES string of the molecule is COc1ccc(CC2CC[C@@H](CO)N2C(=O)OC(C)(C)C)cc1. The van der Waals surface area contributed by atoms with E-state index in [1.165, 1.54) is 0 Å². The molecule has 1 aromatic rings. The molecule has 23 heavy (non-hydrogen) atoms. The van der Waals surface area contributed by atoms with Crippen molar-refractivity contribution in [1.29, 1.82) is 0 Å². The molecular weight excluding hydrogens is 294 g/mol. The predicted octanol–water partition coefficient (Wildman–Crippen LogP) is 3.00. The van der Waals surface area contributed by atoms with Crippen molar-refractivity contribution in [3.63, 3.8) is 0 Å². The molecule has 1 aliphatic rings. The average Bonchev–Trinajstić information content (AvgIpc) is 2.89. The molecule has 1 amide bonds. The fraction of sp³-hybridized carbons (Fsp3) is 0.611. The third kappa shape index (κ3) is 4.61. The smallest absolute Gasteiger partial charge is 0.410 e. The Morgan fingerprint density at radius 1 is 1.22 bits per heavy atom. The van der Waals surface area contributed by atoms with Crippen molar-refractivity contribution in [2.75, 3.05) is 13.7 Å². The largest absolute Gasteiger partial charge is 0.497 e. The van der Waals surface area contributed by atoms with Crippen molar-refractivity contribution in [3.05, 3.63) is 29.8 Å². The minimum atomic E-state index is -0.537. The number of rotatable bonds is 4. The second kappa shape index (κ2) is 7.21. The van der Waals surface area contributed by atoms with E-state index >= 15 is 0 Å². The molecule has 128 valence electrons. The summed E-state index contributed by atoms with van der Waals surface area (Å²) in [5.41, 5.74) is 0.604. The van der Waals surface area contributed by atoms with Crippen molar-refractivity contribution in [2.45, 2.75) is 57.7 Å². The predicted molar refractivity (Wildman–Crippen MR) is 88.7 cm³/mol. The first-order valence-electron chi connectivity index (χ1n) is 8.09. The molecule has 0 spiro atoms. The van der Waals surface area contributed by atoms with Crippen LogP contribution in [0.1, 0.15) is 39.2 Å². The van der Waals surface area contributed by atoms with E-state index in [2.05, 4.69) is 0 Å². The lowest BCUT2D eigenvalue weighted by atomic mass is 10.0. The summed E-state index contributed by atoms with van der Waals surface area (Å²) in [6.07, 6.45) is 2.08. The normalized spacial score (nSPS) is 21.3. The number of hydrogen-bond acceptors (Lipinski definition) is 4. The van der Waals surface area contributed by atoms with Gasteiger partial charge in [-0.25, -0.2) is 4.79 Å². The molecule has 1 fully saturated rings. The van der Waals surface area contributed by atoms with Gasteiger partial charge < -0.3 is 14.6 Å². The molecule has 1 aliphatic heterocycles. The lowest BCUT2D eigenvalue weighted by molar-refractivity contribution is 0.00900. The van der Waals surface area contributed by atoms with E-state index in [0.29, 0.717) is 0 Å². The first-order chi connectivity index (χ1) is 10.8. The number of methoxy groups -OCH3 is 1. The van der Waals surface area contributed by atoms with Crippen LogP contribution in [0, 0.1) is 0 Å². The number of carbonyl (C=O) groups excluding carboxylic acids is 1. The number of likely N-dealkylation sites (tertiary alicyclic amines) is 1. The first kappa shape index (κ1) is 17.6. The fourth-order valence-electron chi connectivity index (χ4n) is 2.99. The Morgan fingerprint density at radius 2 is 1.83 bits per heavy atom. The number of ether oxygens (including phenoxy) is 2. The standard InChI is InChI=1S/C18H27NO4/c1-18(2,3)23-17(21)19-14(7-8-15(19)12-20)11-13-5-9-16(22-4)10-6-13/h5-6,9-10,14-15,20H,7-8,11-12H2,1-4H3/t14?,15-/m0/s1. The summed E-state index contributed by atoms with van der Waals surface area (Å²) in [6, 6.07) is 7.76. The van der Waals surface area contributed by atoms with Crippen LogP contribution in [-0.2, 0) is 11.2 Å². The lowest BCUT2D eigenvalue weighted by Gasteiger charge is -2.32. The van der Waals surface area contributed by atoms with Crippen molar-refractivity contribution < 1.29 is 19.4 Å². The van der Waals surface area contributed by atoms with Crippen LogP contribution in [0.4, 0.5) is 4.79 Å². The van der Waals surface area contributed by atoms with Gasteiger partial charge >= 0.3 is 6.09 Å². The zero-order valence-electron chi connectivity index (χ0n) is 14.4. The van der Waals surface area contributed by atoms with Gasteiger partial charge in [-0.1, -0.05) is 12.1 Å². The summed E-state index contributed by atoms with van der Waals surface area (Å²) in [6.45, 7) is 5.53. The topological polar surface area (TPSA) is 59.0 Å². The Balaban J connectivity index is 2.10. The van der Waals surface area contributed by atoms with Gasteiger partial charge in [-0.3, -0.25) is 4.90 Å². The molecule has 5 nitrogen and oxygen atoms in total. The van der Waals surface area contributed by atoms with Gasteiger partial charge in [0.2, 0.25) is 0 Å². The van der Waals surface area contributed by atoms with Crippen LogP contribution in [0.2, 0.25) is 0 Å². The summed E-state index contributed by atoms with van der Waals surface area (Å²) in [5.74, 6) is 0.817. The Kier molecular flexibility index (Phi) is 5.52. The zero-order chi connectivity index (χ0) is 17.0. The Labute approximate surface area is 138 Å². The van der Waals surface area contributed by atoms with Gasteiger partial charge in [0.1, 0.15) is 11.4 Å². The van der Waals surface area contributed by atoms with Gasteiger partial charge in [0.25, 0.3) is 0 Å². The molecule has 0 aliphatic carbocycles. The van der Waals surface area contributed by atoms with Crippen molar-refractivity contribution in [1.82, 2.24) is 4.90 Å². The fourth-order valence-corrected chi connectivity index (χ4v) is 2.99. The molecule has 0 aromatic heterocycles. The van der Waals surface area contributed by atoms with Gasteiger partial charge in [0.05, 0.1) is 19.8 Å². The third-order valence-corrected chi connectivity index (χ3v) is 4.07. The van der Waals surface area contributed by atoms with Gasteiger partial charge in [-0.05, 0) is 57.7 Å². The maximum Gasteiger partial charge on any atom is 0.410 e. The van der Waals surface area contributed by atoms with E-state index in [9.17, 15) is 9.90 Å². The van der Waals surface area contributed by atoms with Gasteiger partial charge in [-0.2, -0.15) is 0 Å². The highest BCUT2D eigenvalue weighted by molar-refractivity contribution is 5.69. The average molecular weight is 321 g/mol. The van der Waals surface area contributed by atoms with Crippen LogP contribution < -0.4 is 4.74 Å². The highest BCUT2D eigenvalue weighted by atomic mass is 16.6. The number of hydrogen-bond donors (Lipinski definition) is 1. The van der Waals surface area contributed by atoms with E-state index in [1.807, 2.05) is 45.0 Å². The van der Waals surface area contributed by atoms with Crippen LogP contribution in [0.25, 0.3) is 0 Å². The quantitative estimate of drug-likeness (QED) is 0.926. The van der Waals surface area contributed by atoms with E-state index in [4.69, 9.17) is 9.47 Å². The van der Waals surface area contributed by atoms with Crippen LogP contribution in [0.5, 0.6) is 5.75 Å². The van der Waals surface area contributed by atoms with Crippen molar-refractivity contribution >= 4 is 6.09 Å². The van der Waals surface area contributed by atoms with Gasteiger partial charge in [-0.15, -0.1) is 0 Å². The highest BCUT2D eigenvalue weighted by Gasteiger charge is 2.38. The maximum atomic E-state index is 12.5. The molecule has 0 bridgehead atoms. The zero-order valence-corrected chi connectivity index (χ0v) is 14.4. The summed E-state index contributed by atoms with van der Waals surface area (Å²) in [4.78, 5) is 14.2. The second-order valence-electron chi connectivity index (χ2n) is 7.01. The van der Waals surface area contributed by atoms with Crippen LogP contribution in [0.3, 0.4) is 0 Å².